The Labute approximate surface area is 130 Å². The van der Waals surface area contributed by atoms with Crippen molar-refractivity contribution >= 4 is 22.2 Å². The Morgan fingerprint density at radius 3 is 2.82 bits per heavy atom. The summed E-state index contributed by atoms with van der Waals surface area (Å²) in [5.74, 6) is 1.02. The molecule has 2 aromatic rings. The number of benzene rings is 2. The van der Waals surface area contributed by atoms with Crippen LogP contribution < -0.4 is 5.73 Å². The first kappa shape index (κ1) is 12.5. The van der Waals surface area contributed by atoms with Gasteiger partial charge in [-0.2, -0.15) is 0 Å². The normalized spacial score (nSPS) is 29.2. The molecule has 0 amide bonds. The van der Waals surface area contributed by atoms with Gasteiger partial charge in [0.2, 0.25) is 0 Å². The molecular weight excluding hydrogens is 270 g/mol. The minimum atomic E-state index is -0.103. The summed E-state index contributed by atoms with van der Waals surface area (Å²) < 4.78 is 0. The van der Waals surface area contributed by atoms with Gasteiger partial charge in [-0.25, -0.2) is 0 Å². The van der Waals surface area contributed by atoms with Crippen LogP contribution in [0, 0.1) is 11.3 Å². The number of rotatable bonds is 0. The number of allylic oxidation sites excluding steroid dienone is 2. The predicted octanol–water partition coefficient (Wildman–Crippen LogP) is 3.82. The summed E-state index contributed by atoms with van der Waals surface area (Å²) in [4.78, 5) is 12.9. The Hall–Kier alpha value is -2.09. The minimum Gasteiger partial charge on any atom is -0.398 e. The number of fused-ring (bicyclic) bond motifs is 5. The molecule has 2 N–H and O–H groups in total. The first-order valence-electron chi connectivity index (χ1n) is 8.17. The maximum Gasteiger partial charge on any atom is 0.144 e. The number of ketones is 1. The van der Waals surface area contributed by atoms with Crippen LogP contribution in [0.5, 0.6) is 0 Å². The van der Waals surface area contributed by atoms with Crippen LogP contribution in [0.4, 0.5) is 5.69 Å². The molecule has 0 saturated heterocycles. The second-order valence-electron chi connectivity index (χ2n) is 7.30. The fraction of sp³-hybridized carbons (Fsp3) is 0.350. The summed E-state index contributed by atoms with van der Waals surface area (Å²) in [6.45, 7) is 0. The zero-order valence-corrected chi connectivity index (χ0v) is 12.6. The van der Waals surface area contributed by atoms with Crippen molar-refractivity contribution in [1.82, 2.24) is 0 Å². The molecule has 2 nitrogen and oxygen atoms in total. The standard InChI is InChI=1S/C20H19NO/c21-18-3-1-2-13-7-14-9-19(22)20(11-15(14)8-17(13)18)10-12-4-5-16(20)6-12/h1-4,7-8,16H,5-6,9-11,21H2. The van der Waals surface area contributed by atoms with E-state index in [9.17, 15) is 4.79 Å². The summed E-state index contributed by atoms with van der Waals surface area (Å²) in [7, 11) is 0. The van der Waals surface area contributed by atoms with Crippen molar-refractivity contribution in [2.45, 2.75) is 32.1 Å². The van der Waals surface area contributed by atoms with Crippen LogP contribution in [0.3, 0.4) is 0 Å². The summed E-state index contributed by atoms with van der Waals surface area (Å²) in [6.07, 6.45) is 7.12. The lowest BCUT2D eigenvalue weighted by Gasteiger charge is -2.39. The maximum absolute atomic E-state index is 12.9. The van der Waals surface area contributed by atoms with Gasteiger partial charge in [0.25, 0.3) is 0 Å². The predicted molar refractivity (Wildman–Crippen MR) is 88.6 cm³/mol. The molecule has 2 bridgehead atoms. The van der Waals surface area contributed by atoms with Gasteiger partial charge in [0, 0.05) is 22.9 Å². The van der Waals surface area contributed by atoms with Crippen molar-refractivity contribution < 1.29 is 4.79 Å². The van der Waals surface area contributed by atoms with E-state index in [1.165, 1.54) is 16.7 Å². The lowest BCUT2D eigenvalue weighted by molar-refractivity contribution is -0.131. The Morgan fingerprint density at radius 1 is 1.14 bits per heavy atom. The molecule has 2 unspecified atom stereocenters. The number of nitrogens with two attached hydrogens (primary N) is 1. The molecule has 1 saturated carbocycles. The van der Waals surface area contributed by atoms with Crippen molar-refractivity contribution in [1.29, 1.82) is 0 Å². The zero-order chi connectivity index (χ0) is 14.9. The third-order valence-corrected chi connectivity index (χ3v) is 6.17. The van der Waals surface area contributed by atoms with E-state index in [4.69, 9.17) is 5.73 Å². The van der Waals surface area contributed by atoms with Gasteiger partial charge in [0.15, 0.2) is 0 Å². The van der Waals surface area contributed by atoms with Crippen LogP contribution in [-0.4, -0.2) is 5.78 Å². The van der Waals surface area contributed by atoms with E-state index >= 15 is 0 Å². The van der Waals surface area contributed by atoms with Gasteiger partial charge in [0.1, 0.15) is 5.78 Å². The SMILES string of the molecule is Nc1cccc2cc3c(cc12)CC1(CC2=CCC1C2)C(=O)C3. The first-order valence-corrected chi connectivity index (χ1v) is 8.17. The molecule has 110 valence electrons. The lowest BCUT2D eigenvalue weighted by atomic mass is 9.63. The molecule has 0 heterocycles. The highest BCUT2D eigenvalue weighted by molar-refractivity contribution is 5.97. The van der Waals surface area contributed by atoms with Crippen molar-refractivity contribution in [3.8, 4) is 0 Å². The summed E-state index contributed by atoms with van der Waals surface area (Å²) in [5, 5.41) is 2.28. The van der Waals surface area contributed by atoms with Gasteiger partial charge in [-0.05, 0) is 60.2 Å². The monoisotopic (exact) mass is 289 g/mol. The Morgan fingerprint density at radius 2 is 2.05 bits per heavy atom. The zero-order valence-electron chi connectivity index (χ0n) is 12.6. The van der Waals surface area contributed by atoms with Crippen molar-refractivity contribution in [2.24, 2.45) is 11.3 Å². The van der Waals surface area contributed by atoms with E-state index in [1.807, 2.05) is 12.1 Å². The number of carbonyl (C=O) groups is 1. The maximum atomic E-state index is 12.9. The molecule has 3 aliphatic carbocycles. The molecule has 5 rings (SSSR count). The van der Waals surface area contributed by atoms with Crippen LogP contribution in [0.15, 0.2) is 42.0 Å². The van der Waals surface area contributed by atoms with E-state index in [2.05, 4.69) is 24.3 Å². The average molecular weight is 289 g/mol. The summed E-state index contributed by atoms with van der Waals surface area (Å²) in [6, 6.07) is 10.5. The number of hydrogen-bond acceptors (Lipinski definition) is 2. The van der Waals surface area contributed by atoms with E-state index < -0.39 is 0 Å². The highest BCUT2D eigenvalue weighted by Crippen LogP contribution is 2.57. The molecule has 2 aromatic carbocycles. The van der Waals surface area contributed by atoms with E-state index in [0.29, 0.717) is 18.1 Å². The highest BCUT2D eigenvalue weighted by Gasteiger charge is 2.53. The van der Waals surface area contributed by atoms with Crippen molar-refractivity contribution in [3.63, 3.8) is 0 Å². The van der Waals surface area contributed by atoms with Gasteiger partial charge in [-0.15, -0.1) is 0 Å². The second-order valence-corrected chi connectivity index (χ2v) is 7.30. The Balaban J connectivity index is 1.68. The topological polar surface area (TPSA) is 43.1 Å². The van der Waals surface area contributed by atoms with Gasteiger partial charge < -0.3 is 5.73 Å². The number of hydrogen-bond donors (Lipinski definition) is 1. The van der Waals surface area contributed by atoms with Crippen LogP contribution in [0.2, 0.25) is 0 Å². The second kappa shape index (κ2) is 4.01. The lowest BCUT2D eigenvalue weighted by Crippen LogP contribution is -2.42. The van der Waals surface area contributed by atoms with Crippen LogP contribution in [0.1, 0.15) is 30.4 Å². The molecule has 2 heteroatoms. The van der Waals surface area contributed by atoms with Crippen LogP contribution in [-0.2, 0) is 17.6 Å². The summed E-state index contributed by atoms with van der Waals surface area (Å²) in [5.41, 5.74) is 11.0. The quantitative estimate of drug-likeness (QED) is 0.592. The van der Waals surface area contributed by atoms with Gasteiger partial charge in [0.05, 0.1) is 0 Å². The van der Waals surface area contributed by atoms with Crippen molar-refractivity contribution in [3.05, 3.63) is 53.1 Å². The average Bonchev–Trinajstić information content (AvgIpc) is 3.09. The largest absolute Gasteiger partial charge is 0.398 e. The van der Waals surface area contributed by atoms with Crippen LogP contribution in [0.25, 0.3) is 10.8 Å². The molecule has 0 aromatic heterocycles. The Bertz CT molecular complexity index is 863. The number of Topliss-reactive ketones (excluding diaryl/α,β-unsaturated/α-hetero) is 1. The molecule has 3 aliphatic rings. The Kier molecular flexibility index (Phi) is 2.27. The van der Waals surface area contributed by atoms with Gasteiger partial charge in [-0.3, -0.25) is 4.79 Å². The van der Waals surface area contributed by atoms with Crippen molar-refractivity contribution in [2.75, 3.05) is 5.73 Å². The summed E-state index contributed by atoms with van der Waals surface area (Å²) >= 11 is 0. The van der Waals surface area contributed by atoms with Gasteiger partial charge in [-0.1, -0.05) is 29.8 Å². The highest BCUT2D eigenvalue weighted by atomic mass is 16.1. The molecule has 1 fully saturated rings. The van der Waals surface area contributed by atoms with E-state index in [1.54, 1.807) is 0 Å². The molecule has 1 spiro atoms. The molecule has 0 radical (unpaired) electrons. The van der Waals surface area contributed by atoms with Gasteiger partial charge >= 0.3 is 0 Å². The first-order chi connectivity index (χ1) is 10.7. The third-order valence-electron chi connectivity index (χ3n) is 6.17. The molecule has 2 atom stereocenters. The molecule has 22 heavy (non-hydrogen) atoms. The fourth-order valence-electron chi connectivity index (χ4n) is 5.00. The minimum absolute atomic E-state index is 0.103. The number of carbonyl (C=O) groups excluding carboxylic acids is 1. The molecular formula is C20H19NO. The molecule has 0 aliphatic heterocycles. The number of anilines is 1. The smallest absolute Gasteiger partial charge is 0.144 e. The van der Waals surface area contributed by atoms with Crippen LogP contribution >= 0.6 is 0 Å². The third kappa shape index (κ3) is 1.48. The number of nitrogen functional groups attached to an aromatic ring is 1. The van der Waals surface area contributed by atoms with E-state index in [-0.39, 0.29) is 5.41 Å². The van der Waals surface area contributed by atoms with E-state index in [0.717, 1.165) is 42.1 Å². The fourth-order valence-corrected chi connectivity index (χ4v) is 5.00.